The number of fused-ring (bicyclic) bond motifs is 1. The van der Waals surface area contributed by atoms with Crippen LogP contribution in [0.4, 0.5) is 4.79 Å². The highest BCUT2D eigenvalue weighted by Gasteiger charge is 2.59. The second-order valence-electron chi connectivity index (χ2n) is 8.46. The van der Waals surface area contributed by atoms with Gasteiger partial charge in [0.25, 0.3) is 0 Å². The van der Waals surface area contributed by atoms with Gasteiger partial charge in [0.05, 0.1) is 30.0 Å². The fourth-order valence-electron chi connectivity index (χ4n) is 5.16. The van der Waals surface area contributed by atoms with Gasteiger partial charge >= 0.3 is 6.09 Å². The third-order valence-electron chi connectivity index (χ3n) is 6.53. The number of aromatic nitrogens is 1. The van der Waals surface area contributed by atoms with Gasteiger partial charge in [0.2, 0.25) is 10.0 Å². The van der Waals surface area contributed by atoms with E-state index in [2.05, 4.69) is 9.71 Å². The van der Waals surface area contributed by atoms with Gasteiger partial charge in [-0.05, 0) is 44.9 Å². The van der Waals surface area contributed by atoms with Crippen LogP contribution in [-0.2, 0) is 20.2 Å². The van der Waals surface area contributed by atoms with Crippen molar-refractivity contribution < 1.29 is 23.1 Å². The quantitative estimate of drug-likeness (QED) is 0.716. The molecule has 0 radical (unpaired) electrons. The first-order valence-corrected chi connectivity index (χ1v) is 12.5. The number of rotatable bonds is 6. The summed E-state index contributed by atoms with van der Waals surface area (Å²) in [7, 11) is -3.42. The van der Waals surface area contributed by atoms with Crippen LogP contribution in [0.2, 0.25) is 0 Å². The molecule has 0 aromatic carbocycles. The number of likely N-dealkylation sites (tertiary alicyclic amines) is 1. The molecule has 1 aromatic rings. The highest BCUT2D eigenvalue weighted by Crippen LogP contribution is 2.63. The molecule has 156 valence electrons. The molecule has 2 N–H and O–H groups in total. The Kier molecular flexibility index (Phi) is 5.18. The molecule has 10 heteroatoms. The lowest BCUT2D eigenvalue weighted by molar-refractivity contribution is -0.00840. The van der Waals surface area contributed by atoms with Crippen LogP contribution < -0.4 is 4.72 Å². The molecule has 2 heterocycles. The zero-order chi connectivity index (χ0) is 20.1. The summed E-state index contributed by atoms with van der Waals surface area (Å²) in [4.78, 5) is 17.5. The van der Waals surface area contributed by atoms with Gasteiger partial charge in [-0.3, -0.25) is 4.90 Å². The standard InChI is InChI=1S/C18H27N3O5S2/c1-11-7-14(20-28(2,24)25)15(21(11)17(22)23)10-26-13-3-4-18(9-12(18)8-13)16-19-5-6-27-16/h5-6,11-15,20H,3-4,7-10H2,1-2H3,(H,22,23)/t11-,12-,13+,14+,15+,18-/m1/s1. The third kappa shape index (κ3) is 3.79. The molecule has 1 aromatic heterocycles. The molecule has 1 saturated heterocycles. The van der Waals surface area contributed by atoms with Crippen LogP contribution in [0.1, 0.15) is 44.0 Å². The van der Waals surface area contributed by atoms with Gasteiger partial charge in [-0.2, -0.15) is 0 Å². The summed E-state index contributed by atoms with van der Waals surface area (Å²) in [6.07, 6.45) is 6.56. The van der Waals surface area contributed by atoms with E-state index in [1.165, 1.54) is 9.91 Å². The molecule has 0 spiro atoms. The van der Waals surface area contributed by atoms with Crippen molar-refractivity contribution in [2.24, 2.45) is 5.92 Å². The number of nitrogens with one attached hydrogen (secondary N) is 1. The Hall–Kier alpha value is -1.23. The Morgan fingerprint density at radius 2 is 2.29 bits per heavy atom. The van der Waals surface area contributed by atoms with E-state index in [0.29, 0.717) is 12.3 Å². The van der Waals surface area contributed by atoms with Crippen LogP contribution in [0.3, 0.4) is 0 Å². The molecular weight excluding hydrogens is 402 g/mol. The maximum atomic E-state index is 11.7. The summed E-state index contributed by atoms with van der Waals surface area (Å²) >= 11 is 1.73. The van der Waals surface area contributed by atoms with Crippen molar-refractivity contribution in [3.63, 3.8) is 0 Å². The molecule has 3 aliphatic rings. The number of thiazole rings is 1. The first kappa shape index (κ1) is 20.1. The van der Waals surface area contributed by atoms with E-state index in [9.17, 15) is 18.3 Å². The van der Waals surface area contributed by atoms with Gasteiger partial charge in [0.15, 0.2) is 0 Å². The van der Waals surface area contributed by atoms with Gasteiger partial charge in [0.1, 0.15) is 0 Å². The zero-order valence-corrected chi connectivity index (χ0v) is 17.7. The Labute approximate surface area is 169 Å². The zero-order valence-electron chi connectivity index (χ0n) is 16.1. The number of amides is 1. The molecule has 8 nitrogen and oxygen atoms in total. The van der Waals surface area contributed by atoms with Crippen LogP contribution in [-0.4, -0.2) is 66.6 Å². The number of hydrogen-bond acceptors (Lipinski definition) is 6. The number of carbonyl (C=O) groups is 1. The van der Waals surface area contributed by atoms with Crippen LogP contribution in [0.25, 0.3) is 0 Å². The van der Waals surface area contributed by atoms with Crippen molar-refractivity contribution in [3.8, 4) is 0 Å². The number of hydrogen-bond donors (Lipinski definition) is 2. The molecule has 0 bridgehead atoms. The topological polar surface area (TPSA) is 109 Å². The predicted molar refractivity (Wildman–Crippen MR) is 105 cm³/mol. The van der Waals surface area contributed by atoms with Crippen molar-refractivity contribution in [3.05, 3.63) is 16.6 Å². The van der Waals surface area contributed by atoms with Gasteiger partial charge < -0.3 is 9.84 Å². The molecule has 0 unspecified atom stereocenters. The molecule has 1 amide bonds. The van der Waals surface area contributed by atoms with Crippen molar-refractivity contribution >= 4 is 27.5 Å². The monoisotopic (exact) mass is 429 g/mol. The first-order chi connectivity index (χ1) is 13.2. The lowest BCUT2D eigenvalue weighted by Crippen LogP contribution is -2.50. The Morgan fingerprint density at radius 1 is 1.50 bits per heavy atom. The predicted octanol–water partition coefficient (Wildman–Crippen LogP) is 2.03. The Balaban J connectivity index is 1.38. The van der Waals surface area contributed by atoms with Crippen molar-refractivity contribution in [1.82, 2.24) is 14.6 Å². The van der Waals surface area contributed by atoms with Crippen LogP contribution in [0, 0.1) is 5.92 Å². The van der Waals surface area contributed by atoms with Gasteiger partial charge in [-0.15, -0.1) is 11.3 Å². The van der Waals surface area contributed by atoms with Gasteiger partial charge in [-0.25, -0.2) is 22.9 Å². The Morgan fingerprint density at radius 3 is 2.89 bits per heavy atom. The number of nitrogens with zero attached hydrogens (tertiary/aromatic N) is 2. The molecule has 1 aliphatic heterocycles. The molecule has 28 heavy (non-hydrogen) atoms. The summed E-state index contributed by atoms with van der Waals surface area (Å²) in [6, 6.07) is -1.22. The van der Waals surface area contributed by atoms with Gasteiger partial charge in [0, 0.05) is 29.1 Å². The molecule has 6 atom stereocenters. The van der Waals surface area contributed by atoms with Crippen LogP contribution in [0.15, 0.2) is 11.6 Å². The maximum absolute atomic E-state index is 11.7. The number of carboxylic acid groups (broad SMARTS) is 1. The summed E-state index contributed by atoms with van der Waals surface area (Å²) in [5.41, 5.74) is 0.239. The lowest BCUT2D eigenvalue weighted by atomic mass is 9.87. The van der Waals surface area contributed by atoms with E-state index < -0.39 is 28.2 Å². The average Bonchev–Trinajstić information content (AvgIpc) is 2.94. The second-order valence-corrected chi connectivity index (χ2v) is 11.1. The van der Waals surface area contributed by atoms with E-state index in [1.54, 1.807) is 18.3 Å². The molecule has 2 saturated carbocycles. The Bertz CT molecular complexity index is 830. The van der Waals surface area contributed by atoms with E-state index in [0.717, 1.165) is 31.9 Å². The van der Waals surface area contributed by atoms with E-state index in [1.807, 2.05) is 11.6 Å². The largest absolute Gasteiger partial charge is 0.465 e. The van der Waals surface area contributed by atoms with Crippen LogP contribution in [0.5, 0.6) is 0 Å². The molecule has 4 rings (SSSR count). The van der Waals surface area contributed by atoms with Crippen molar-refractivity contribution in [1.29, 1.82) is 0 Å². The highest BCUT2D eigenvalue weighted by molar-refractivity contribution is 7.88. The minimum Gasteiger partial charge on any atom is -0.465 e. The SMILES string of the molecule is C[C@@H]1C[C@H](NS(C)(=O)=O)[C@H](CO[C@H]2CC[C@@]3(c4nccs4)C[C@H]3C2)N1C(=O)O. The minimum atomic E-state index is -3.42. The summed E-state index contributed by atoms with van der Waals surface area (Å²) < 4.78 is 32.1. The summed E-state index contributed by atoms with van der Waals surface area (Å²) in [5.74, 6) is 0.584. The third-order valence-corrected chi connectivity index (χ3v) is 8.25. The molecular formula is C18H27N3O5S2. The van der Waals surface area contributed by atoms with E-state index in [4.69, 9.17) is 4.74 Å². The van der Waals surface area contributed by atoms with E-state index >= 15 is 0 Å². The number of sulfonamides is 1. The second kappa shape index (κ2) is 7.23. The van der Waals surface area contributed by atoms with Crippen molar-refractivity contribution in [2.75, 3.05) is 12.9 Å². The van der Waals surface area contributed by atoms with Crippen molar-refractivity contribution in [2.45, 2.75) is 68.7 Å². The summed E-state index contributed by atoms with van der Waals surface area (Å²) in [5, 5.41) is 12.8. The summed E-state index contributed by atoms with van der Waals surface area (Å²) in [6.45, 7) is 2.02. The normalized spacial score (nSPS) is 37.6. The average molecular weight is 430 g/mol. The fourth-order valence-corrected chi connectivity index (χ4v) is 6.92. The lowest BCUT2D eigenvalue weighted by Gasteiger charge is -2.32. The fraction of sp³-hybridized carbons (Fsp3) is 0.778. The van der Waals surface area contributed by atoms with Crippen LogP contribution >= 0.6 is 11.3 Å². The molecule has 2 aliphatic carbocycles. The molecule has 3 fully saturated rings. The highest BCUT2D eigenvalue weighted by atomic mass is 32.2. The van der Waals surface area contributed by atoms with E-state index in [-0.39, 0.29) is 24.2 Å². The van der Waals surface area contributed by atoms with Gasteiger partial charge in [-0.1, -0.05) is 0 Å². The maximum Gasteiger partial charge on any atom is 0.407 e. The minimum absolute atomic E-state index is 0.0889. The number of ether oxygens (including phenoxy) is 1. The smallest absolute Gasteiger partial charge is 0.407 e. The first-order valence-electron chi connectivity index (χ1n) is 9.70.